The van der Waals surface area contributed by atoms with Crippen LogP contribution in [0.4, 0.5) is 11.4 Å². The van der Waals surface area contributed by atoms with E-state index in [4.69, 9.17) is 5.73 Å². The van der Waals surface area contributed by atoms with Gasteiger partial charge in [0, 0.05) is 22.3 Å². The second kappa shape index (κ2) is 7.27. The van der Waals surface area contributed by atoms with Gasteiger partial charge in [0.2, 0.25) is 5.91 Å². The number of nitrogens with one attached hydrogen (secondary N) is 1. The van der Waals surface area contributed by atoms with E-state index in [2.05, 4.69) is 28.2 Å². The molecule has 0 radical (unpaired) electrons. The van der Waals surface area contributed by atoms with E-state index in [1.165, 1.54) is 0 Å². The van der Waals surface area contributed by atoms with Gasteiger partial charge in [0.1, 0.15) is 0 Å². The van der Waals surface area contributed by atoms with Gasteiger partial charge in [0.15, 0.2) is 0 Å². The molecule has 3 nitrogen and oxygen atoms in total. The first-order chi connectivity index (χ1) is 10.1. The first kappa shape index (κ1) is 15.6. The summed E-state index contributed by atoms with van der Waals surface area (Å²) in [6.07, 6.45) is 2.02. The minimum absolute atomic E-state index is 0.0226. The smallest absolute Gasteiger partial charge is 0.224 e. The lowest BCUT2D eigenvalue weighted by atomic mass is 10.1. The molecular weight excluding hydrogens is 328 g/mol. The highest BCUT2D eigenvalue weighted by atomic mass is 79.9. The zero-order valence-electron chi connectivity index (χ0n) is 12.0. The fourth-order valence-electron chi connectivity index (χ4n) is 2.20. The molecule has 0 saturated heterocycles. The first-order valence-electron chi connectivity index (χ1n) is 7.01. The van der Waals surface area contributed by atoms with Crippen LogP contribution >= 0.6 is 15.9 Å². The fourth-order valence-corrected chi connectivity index (χ4v) is 2.60. The highest BCUT2D eigenvalue weighted by Crippen LogP contribution is 2.22. The molecule has 2 aromatic carbocycles. The van der Waals surface area contributed by atoms with Crippen LogP contribution in [0.3, 0.4) is 0 Å². The van der Waals surface area contributed by atoms with Gasteiger partial charge in [-0.25, -0.2) is 0 Å². The van der Waals surface area contributed by atoms with Crippen molar-refractivity contribution in [1.82, 2.24) is 0 Å². The van der Waals surface area contributed by atoms with Crippen LogP contribution in [-0.4, -0.2) is 5.91 Å². The molecule has 0 bridgehead atoms. The van der Waals surface area contributed by atoms with Crippen molar-refractivity contribution in [3.63, 3.8) is 0 Å². The number of benzene rings is 2. The summed E-state index contributed by atoms with van der Waals surface area (Å²) < 4.78 is 1.03. The zero-order chi connectivity index (χ0) is 15.2. The van der Waals surface area contributed by atoms with Crippen molar-refractivity contribution >= 4 is 33.2 Å². The van der Waals surface area contributed by atoms with Crippen molar-refractivity contribution in [2.75, 3.05) is 11.1 Å². The molecule has 0 unspecified atom stereocenters. The molecule has 0 aromatic heterocycles. The van der Waals surface area contributed by atoms with Gasteiger partial charge in [-0.15, -0.1) is 0 Å². The van der Waals surface area contributed by atoms with Gasteiger partial charge < -0.3 is 11.1 Å². The third-order valence-electron chi connectivity index (χ3n) is 3.31. The summed E-state index contributed by atoms with van der Waals surface area (Å²) in [4.78, 5) is 12.1. The van der Waals surface area contributed by atoms with E-state index in [9.17, 15) is 4.79 Å². The van der Waals surface area contributed by atoms with Crippen LogP contribution in [0.25, 0.3) is 0 Å². The Morgan fingerprint density at radius 3 is 2.76 bits per heavy atom. The number of carbonyl (C=O) groups is 1. The standard InChI is InChI=1S/C17H19BrN2O/c1-2-13-11-14(18)7-8-16(13)20-17(21)9-6-12-4-3-5-15(19)10-12/h3-5,7-8,10-11H,2,6,9,19H2,1H3,(H,20,21). The Hall–Kier alpha value is -1.81. The van der Waals surface area contributed by atoms with Crippen molar-refractivity contribution in [2.45, 2.75) is 26.2 Å². The van der Waals surface area contributed by atoms with Crippen LogP contribution < -0.4 is 11.1 Å². The molecule has 0 spiro atoms. The van der Waals surface area contributed by atoms with Gasteiger partial charge in [-0.1, -0.05) is 35.0 Å². The van der Waals surface area contributed by atoms with Crippen molar-refractivity contribution in [3.8, 4) is 0 Å². The summed E-state index contributed by atoms with van der Waals surface area (Å²) in [5.74, 6) is 0.0226. The van der Waals surface area contributed by atoms with E-state index in [1.807, 2.05) is 42.5 Å². The third kappa shape index (κ3) is 4.60. The van der Waals surface area contributed by atoms with E-state index in [1.54, 1.807) is 0 Å². The highest BCUT2D eigenvalue weighted by Gasteiger charge is 2.07. The van der Waals surface area contributed by atoms with Crippen molar-refractivity contribution < 1.29 is 4.79 Å². The summed E-state index contributed by atoms with van der Waals surface area (Å²) >= 11 is 3.45. The van der Waals surface area contributed by atoms with Crippen molar-refractivity contribution in [2.24, 2.45) is 0 Å². The molecule has 0 heterocycles. The minimum atomic E-state index is 0.0226. The molecule has 1 amide bonds. The number of aryl methyl sites for hydroxylation is 2. The average molecular weight is 347 g/mol. The zero-order valence-corrected chi connectivity index (χ0v) is 13.6. The lowest BCUT2D eigenvalue weighted by molar-refractivity contribution is -0.116. The predicted octanol–water partition coefficient (Wildman–Crippen LogP) is 4.17. The Labute approximate surface area is 133 Å². The Morgan fingerprint density at radius 2 is 2.05 bits per heavy atom. The highest BCUT2D eigenvalue weighted by molar-refractivity contribution is 9.10. The minimum Gasteiger partial charge on any atom is -0.399 e. The van der Waals surface area contributed by atoms with E-state index in [0.29, 0.717) is 12.8 Å². The summed E-state index contributed by atoms with van der Waals surface area (Å²) in [7, 11) is 0. The van der Waals surface area contributed by atoms with Crippen LogP contribution in [0.2, 0.25) is 0 Å². The quantitative estimate of drug-likeness (QED) is 0.798. The van der Waals surface area contributed by atoms with Gasteiger partial charge in [0.25, 0.3) is 0 Å². The summed E-state index contributed by atoms with van der Waals surface area (Å²) in [6, 6.07) is 13.6. The van der Waals surface area contributed by atoms with Gasteiger partial charge in [-0.05, 0) is 54.3 Å². The predicted molar refractivity (Wildman–Crippen MR) is 91.3 cm³/mol. The number of hydrogen-bond acceptors (Lipinski definition) is 2. The van der Waals surface area contributed by atoms with E-state index in [0.717, 1.165) is 33.4 Å². The number of rotatable bonds is 5. The lowest BCUT2D eigenvalue weighted by Crippen LogP contribution is -2.13. The number of nitrogens with two attached hydrogens (primary N) is 1. The van der Waals surface area contributed by atoms with Crippen LogP contribution in [-0.2, 0) is 17.6 Å². The molecule has 0 aliphatic rings. The Balaban J connectivity index is 1.96. The van der Waals surface area contributed by atoms with Gasteiger partial charge in [-0.3, -0.25) is 4.79 Å². The molecule has 0 aliphatic heterocycles. The topological polar surface area (TPSA) is 55.1 Å². The van der Waals surface area contributed by atoms with Crippen LogP contribution in [0.1, 0.15) is 24.5 Å². The average Bonchev–Trinajstić information content (AvgIpc) is 2.47. The first-order valence-corrected chi connectivity index (χ1v) is 7.80. The third-order valence-corrected chi connectivity index (χ3v) is 3.81. The fraction of sp³-hybridized carbons (Fsp3) is 0.235. The van der Waals surface area contributed by atoms with E-state index < -0.39 is 0 Å². The molecule has 0 saturated carbocycles. The summed E-state index contributed by atoms with van der Waals surface area (Å²) in [5, 5.41) is 2.98. The van der Waals surface area contributed by atoms with Crippen LogP contribution in [0.5, 0.6) is 0 Å². The van der Waals surface area contributed by atoms with Crippen LogP contribution in [0.15, 0.2) is 46.9 Å². The maximum atomic E-state index is 12.1. The summed E-state index contributed by atoms with van der Waals surface area (Å²) in [6.45, 7) is 2.07. The summed E-state index contributed by atoms with van der Waals surface area (Å²) in [5.41, 5.74) is 9.56. The molecule has 2 aromatic rings. The van der Waals surface area contributed by atoms with Crippen molar-refractivity contribution in [1.29, 1.82) is 0 Å². The normalized spacial score (nSPS) is 10.4. The number of nitrogen functional groups attached to an aromatic ring is 1. The Bertz CT molecular complexity index is 640. The maximum Gasteiger partial charge on any atom is 0.224 e. The van der Waals surface area contributed by atoms with Gasteiger partial charge >= 0.3 is 0 Å². The number of amides is 1. The second-order valence-electron chi connectivity index (χ2n) is 4.95. The molecule has 0 fully saturated rings. The number of carbonyl (C=O) groups excluding carboxylic acids is 1. The SMILES string of the molecule is CCc1cc(Br)ccc1NC(=O)CCc1cccc(N)c1. The molecule has 0 aliphatic carbocycles. The number of halogens is 1. The van der Waals surface area contributed by atoms with Crippen molar-refractivity contribution in [3.05, 3.63) is 58.1 Å². The molecule has 0 atom stereocenters. The molecule has 110 valence electrons. The Morgan fingerprint density at radius 1 is 1.24 bits per heavy atom. The second-order valence-corrected chi connectivity index (χ2v) is 5.86. The van der Waals surface area contributed by atoms with Crippen LogP contribution in [0, 0.1) is 0 Å². The van der Waals surface area contributed by atoms with Gasteiger partial charge in [0.05, 0.1) is 0 Å². The molecule has 4 heteroatoms. The lowest BCUT2D eigenvalue weighted by Gasteiger charge is -2.10. The molecule has 2 rings (SSSR count). The number of anilines is 2. The number of hydrogen-bond donors (Lipinski definition) is 2. The van der Waals surface area contributed by atoms with E-state index in [-0.39, 0.29) is 5.91 Å². The monoisotopic (exact) mass is 346 g/mol. The largest absolute Gasteiger partial charge is 0.399 e. The molecule has 21 heavy (non-hydrogen) atoms. The van der Waals surface area contributed by atoms with Gasteiger partial charge in [-0.2, -0.15) is 0 Å². The van der Waals surface area contributed by atoms with E-state index >= 15 is 0 Å². The molecular formula is C17H19BrN2O. The molecule has 3 N–H and O–H groups in total. The maximum absolute atomic E-state index is 12.1. The Kier molecular flexibility index (Phi) is 5.39.